The van der Waals surface area contributed by atoms with Crippen molar-refractivity contribution in [1.82, 2.24) is 10.2 Å². The van der Waals surface area contributed by atoms with Crippen LogP contribution in [0.25, 0.3) is 11.3 Å². The van der Waals surface area contributed by atoms with Gasteiger partial charge in [0.05, 0.1) is 38.3 Å². The minimum Gasteiger partial charge on any atom is -0.493 e. The standard InChI is InChI=1S/C21H21N3O6/c1-26-17-8-12(9-18(27-2)20(17)28-3)19-14(21(25)24-23-19)11-22-13-4-5-15-16(10-13)30-7-6-29-15/h4-5,8-11H,6-7H2,1-3H3,(H2,23,24,25). The van der Waals surface area contributed by atoms with E-state index in [0.29, 0.717) is 64.5 Å². The molecule has 0 fully saturated rings. The number of rotatable bonds is 6. The predicted octanol–water partition coefficient (Wildman–Crippen LogP) is 2.92. The van der Waals surface area contributed by atoms with Gasteiger partial charge in [-0.2, -0.15) is 0 Å². The van der Waals surface area contributed by atoms with Crippen LogP contribution in [0, 0.1) is 0 Å². The van der Waals surface area contributed by atoms with Gasteiger partial charge in [0.2, 0.25) is 5.75 Å². The van der Waals surface area contributed by atoms with Crippen molar-refractivity contribution in [3.8, 4) is 40.0 Å². The lowest BCUT2D eigenvalue weighted by molar-refractivity contribution is 0.171. The summed E-state index contributed by atoms with van der Waals surface area (Å²) < 4.78 is 27.3. The van der Waals surface area contributed by atoms with E-state index in [0.717, 1.165) is 0 Å². The van der Waals surface area contributed by atoms with E-state index in [2.05, 4.69) is 15.2 Å². The summed E-state index contributed by atoms with van der Waals surface area (Å²) in [6.07, 6.45) is 1.50. The van der Waals surface area contributed by atoms with Crippen molar-refractivity contribution in [2.24, 2.45) is 4.99 Å². The average Bonchev–Trinajstić information content (AvgIpc) is 3.16. The molecule has 1 aliphatic heterocycles. The van der Waals surface area contributed by atoms with Crippen molar-refractivity contribution in [2.75, 3.05) is 34.5 Å². The number of ether oxygens (including phenoxy) is 5. The summed E-state index contributed by atoms with van der Waals surface area (Å²) in [5, 5.41) is 5.49. The number of benzene rings is 2. The zero-order valence-electron chi connectivity index (χ0n) is 16.8. The van der Waals surface area contributed by atoms with Crippen molar-refractivity contribution in [1.29, 1.82) is 0 Å². The monoisotopic (exact) mass is 411 g/mol. The molecule has 4 rings (SSSR count). The quantitative estimate of drug-likeness (QED) is 0.604. The lowest BCUT2D eigenvalue weighted by Crippen LogP contribution is -2.14. The predicted molar refractivity (Wildman–Crippen MR) is 111 cm³/mol. The number of aromatic nitrogens is 2. The van der Waals surface area contributed by atoms with Crippen LogP contribution in [0.2, 0.25) is 0 Å². The van der Waals surface area contributed by atoms with Crippen LogP contribution in [0.1, 0.15) is 5.56 Å². The Morgan fingerprint density at radius 1 is 0.933 bits per heavy atom. The summed E-state index contributed by atoms with van der Waals surface area (Å²) in [4.78, 5) is 16.8. The molecule has 0 atom stereocenters. The van der Waals surface area contributed by atoms with Crippen LogP contribution < -0.4 is 29.2 Å². The second-order valence-corrected chi connectivity index (χ2v) is 6.37. The average molecular weight is 411 g/mol. The van der Waals surface area contributed by atoms with Gasteiger partial charge in [0.25, 0.3) is 5.56 Å². The molecule has 3 aromatic rings. The molecule has 0 bridgehead atoms. The van der Waals surface area contributed by atoms with Crippen LogP contribution in [0.4, 0.5) is 5.69 Å². The molecule has 0 radical (unpaired) electrons. The molecule has 1 aliphatic rings. The third-order valence-electron chi connectivity index (χ3n) is 4.64. The second-order valence-electron chi connectivity index (χ2n) is 6.37. The number of nitrogens with zero attached hydrogens (tertiary/aromatic N) is 1. The molecule has 0 unspecified atom stereocenters. The Bertz CT molecular complexity index is 1120. The first-order valence-electron chi connectivity index (χ1n) is 9.19. The Balaban J connectivity index is 1.72. The molecule has 0 saturated carbocycles. The Kier molecular flexibility index (Phi) is 5.34. The van der Waals surface area contributed by atoms with E-state index < -0.39 is 0 Å². The van der Waals surface area contributed by atoms with E-state index in [1.165, 1.54) is 27.5 Å². The van der Waals surface area contributed by atoms with Crippen LogP contribution in [0.3, 0.4) is 0 Å². The van der Waals surface area contributed by atoms with Crippen LogP contribution in [0.15, 0.2) is 40.1 Å². The highest BCUT2D eigenvalue weighted by molar-refractivity contribution is 5.90. The molecule has 30 heavy (non-hydrogen) atoms. The van der Waals surface area contributed by atoms with Gasteiger partial charge >= 0.3 is 0 Å². The SMILES string of the molecule is COc1cc(-c2[nH][nH]c(=O)c2C=Nc2ccc3c(c2)OCCO3)cc(OC)c1OC. The Morgan fingerprint density at radius 2 is 1.63 bits per heavy atom. The van der Waals surface area contributed by atoms with Crippen molar-refractivity contribution in [3.05, 3.63) is 46.2 Å². The highest BCUT2D eigenvalue weighted by Gasteiger charge is 2.18. The Morgan fingerprint density at radius 3 is 2.30 bits per heavy atom. The van der Waals surface area contributed by atoms with Gasteiger partial charge in [0, 0.05) is 17.8 Å². The number of fused-ring (bicyclic) bond motifs is 1. The molecule has 0 aliphatic carbocycles. The van der Waals surface area contributed by atoms with E-state index in [1.54, 1.807) is 30.3 Å². The van der Waals surface area contributed by atoms with Gasteiger partial charge in [0.1, 0.15) is 13.2 Å². The van der Waals surface area contributed by atoms with Gasteiger partial charge in [-0.05, 0) is 24.3 Å². The van der Waals surface area contributed by atoms with E-state index in [-0.39, 0.29) is 5.56 Å². The Hall–Kier alpha value is -3.88. The van der Waals surface area contributed by atoms with E-state index in [1.807, 2.05) is 0 Å². The number of methoxy groups -OCH3 is 3. The minimum atomic E-state index is -0.306. The van der Waals surface area contributed by atoms with Crippen LogP contribution in [0.5, 0.6) is 28.7 Å². The smallest absolute Gasteiger partial charge is 0.273 e. The van der Waals surface area contributed by atoms with Gasteiger partial charge < -0.3 is 23.7 Å². The third kappa shape index (κ3) is 3.57. The number of hydrogen-bond acceptors (Lipinski definition) is 7. The van der Waals surface area contributed by atoms with Crippen molar-refractivity contribution >= 4 is 11.9 Å². The van der Waals surface area contributed by atoms with Crippen molar-refractivity contribution in [3.63, 3.8) is 0 Å². The molecule has 2 heterocycles. The molecule has 2 aromatic carbocycles. The van der Waals surface area contributed by atoms with Gasteiger partial charge in [-0.15, -0.1) is 0 Å². The fourth-order valence-electron chi connectivity index (χ4n) is 3.20. The summed E-state index contributed by atoms with van der Waals surface area (Å²) in [6, 6.07) is 8.86. The largest absolute Gasteiger partial charge is 0.493 e. The highest BCUT2D eigenvalue weighted by Crippen LogP contribution is 2.41. The molecule has 0 spiro atoms. The third-order valence-corrected chi connectivity index (χ3v) is 4.64. The highest BCUT2D eigenvalue weighted by atomic mass is 16.6. The number of aliphatic imine (C=N–C) groups is 1. The fraction of sp³-hybridized carbons (Fsp3) is 0.238. The minimum absolute atomic E-state index is 0.306. The van der Waals surface area contributed by atoms with Gasteiger partial charge in [0.15, 0.2) is 23.0 Å². The fourth-order valence-corrected chi connectivity index (χ4v) is 3.20. The summed E-state index contributed by atoms with van der Waals surface area (Å²) in [5.41, 5.74) is 1.90. The summed E-state index contributed by atoms with van der Waals surface area (Å²) >= 11 is 0. The lowest BCUT2D eigenvalue weighted by Gasteiger charge is -2.18. The van der Waals surface area contributed by atoms with E-state index in [9.17, 15) is 4.79 Å². The molecule has 9 heteroatoms. The number of H-pyrrole nitrogens is 2. The van der Waals surface area contributed by atoms with Crippen LogP contribution in [-0.2, 0) is 0 Å². The normalized spacial score (nSPS) is 12.8. The lowest BCUT2D eigenvalue weighted by atomic mass is 10.1. The molecular weight excluding hydrogens is 390 g/mol. The van der Waals surface area contributed by atoms with Crippen molar-refractivity contribution < 1.29 is 23.7 Å². The molecule has 2 N–H and O–H groups in total. The van der Waals surface area contributed by atoms with E-state index >= 15 is 0 Å². The first kappa shape index (κ1) is 19.4. The maximum absolute atomic E-state index is 12.4. The van der Waals surface area contributed by atoms with Crippen molar-refractivity contribution in [2.45, 2.75) is 0 Å². The second kappa shape index (κ2) is 8.24. The Labute approximate surface area is 172 Å². The number of hydrogen-bond donors (Lipinski definition) is 2. The topological polar surface area (TPSA) is 107 Å². The molecule has 0 amide bonds. The first-order valence-corrected chi connectivity index (χ1v) is 9.19. The molecule has 0 saturated heterocycles. The summed E-state index contributed by atoms with van der Waals surface area (Å²) in [7, 11) is 4.60. The first-order chi connectivity index (χ1) is 14.6. The number of nitrogens with one attached hydrogen (secondary N) is 2. The maximum Gasteiger partial charge on any atom is 0.273 e. The molecule has 9 nitrogen and oxygen atoms in total. The zero-order chi connectivity index (χ0) is 21.1. The van der Waals surface area contributed by atoms with Gasteiger partial charge in [-0.3, -0.25) is 20.0 Å². The maximum atomic E-state index is 12.4. The van der Waals surface area contributed by atoms with Gasteiger partial charge in [-0.25, -0.2) is 0 Å². The summed E-state index contributed by atoms with van der Waals surface area (Å²) in [5.74, 6) is 2.72. The summed E-state index contributed by atoms with van der Waals surface area (Å²) in [6.45, 7) is 1.01. The van der Waals surface area contributed by atoms with E-state index in [4.69, 9.17) is 23.7 Å². The molecule has 156 valence electrons. The molecular formula is C21H21N3O6. The zero-order valence-corrected chi connectivity index (χ0v) is 16.8. The van der Waals surface area contributed by atoms with Crippen LogP contribution in [-0.4, -0.2) is 51.0 Å². The number of aromatic amines is 2. The van der Waals surface area contributed by atoms with Gasteiger partial charge in [-0.1, -0.05) is 0 Å². The molecule has 1 aromatic heterocycles. The van der Waals surface area contributed by atoms with Crippen LogP contribution >= 0.6 is 0 Å².